The summed E-state index contributed by atoms with van der Waals surface area (Å²) in [6, 6.07) is 0. The Morgan fingerprint density at radius 1 is 0.725 bits per heavy atom. The largest absolute Gasteiger partial charge is 0.454 e. The van der Waals surface area contributed by atoms with Crippen molar-refractivity contribution in [2.24, 2.45) is 0 Å². The van der Waals surface area contributed by atoms with Crippen molar-refractivity contribution in [3.63, 3.8) is 0 Å². The van der Waals surface area contributed by atoms with Crippen LogP contribution in [0.3, 0.4) is 0 Å². The van der Waals surface area contributed by atoms with Gasteiger partial charge in [-0.15, -0.1) is 0 Å². The van der Waals surface area contributed by atoms with Gasteiger partial charge in [0.15, 0.2) is 18.7 Å². The van der Waals surface area contributed by atoms with Crippen molar-refractivity contribution in [3.8, 4) is 0 Å². The topological polar surface area (TPSA) is 164 Å². The number of hydrogen-bond acceptors (Lipinski definition) is 11. The standard InChI is InChI=1S/C29H48O11/c1-16(2)9-7-10-17(3)11-8-12-18(4)13-14-36-28-26(35)24(33)23(32)21(40-28)15-37-29-27(39-20(6)30)25(34)22(31)19(5)38-29/h9,11,13,19,21-29,31-35H,7-8,10,12,14-15H2,1-6H3/b17-11+,18-13+/t19-,21-,22-,23+,24-,25+,26+,27+,28+,29+/m0/s1. The van der Waals surface area contributed by atoms with Gasteiger partial charge in [-0.3, -0.25) is 4.79 Å². The fourth-order valence-corrected chi connectivity index (χ4v) is 4.46. The average Bonchev–Trinajstić information content (AvgIpc) is 2.88. The van der Waals surface area contributed by atoms with Crippen LogP contribution in [0.15, 0.2) is 34.9 Å². The molecule has 2 saturated heterocycles. The highest BCUT2D eigenvalue weighted by Crippen LogP contribution is 2.27. The van der Waals surface area contributed by atoms with Gasteiger partial charge in [0.2, 0.25) is 0 Å². The van der Waals surface area contributed by atoms with E-state index in [1.54, 1.807) is 0 Å². The van der Waals surface area contributed by atoms with E-state index in [4.69, 9.17) is 23.7 Å². The van der Waals surface area contributed by atoms with Crippen LogP contribution in [0.4, 0.5) is 0 Å². The van der Waals surface area contributed by atoms with Gasteiger partial charge in [0, 0.05) is 6.92 Å². The van der Waals surface area contributed by atoms with E-state index in [0.717, 1.165) is 38.2 Å². The van der Waals surface area contributed by atoms with E-state index >= 15 is 0 Å². The molecule has 0 amide bonds. The van der Waals surface area contributed by atoms with E-state index in [1.165, 1.54) is 18.1 Å². The highest BCUT2D eigenvalue weighted by atomic mass is 16.7. The summed E-state index contributed by atoms with van der Waals surface area (Å²) in [5.74, 6) is -0.710. The summed E-state index contributed by atoms with van der Waals surface area (Å²) in [5, 5.41) is 51.6. The number of aliphatic hydroxyl groups is 5. The molecular formula is C29H48O11. The predicted octanol–water partition coefficient (Wildman–Crippen LogP) is 1.64. The van der Waals surface area contributed by atoms with Crippen molar-refractivity contribution in [2.45, 2.75) is 129 Å². The minimum atomic E-state index is -1.57. The van der Waals surface area contributed by atoms with Gasteiger partial charge in [-0.2, -0.15) is 0 Å². The number of carbonyl (C=O) groups excluding carboxylic acids is 1. The summed E-state index contributed by atoms with van der Waals surface area (Å²) in [7, 11) is 0. The minimum Gasteiger partial charge on any atom is -0.454 e. The molecule has 5 N–H and O–H groups in total. The van der Waals surface area contributed by atoms with Crippen molar-refractivity contribution in [2.75, 3.05) is 13.2 Å². The van der Waals surface area contributed by atoms with Crippen molar-refractivity contribution in [3.05, 3.63) is 34.9 Å². The van der Waals surface area contributed by atoms with Gasteiger partial charge in [-0.25, -0.2) is 0 Å². The van der Waals surface area contributed by atoms with Gasteiger partial charge in [0.05, 0.1) is 19.3 Å². The fraction of sp³-hybridized carbons (Fsp3) is 0.759. The third-order valence-corrected chi connectivity index (χ3v) is 6.99. The number of esters is 1. The molecule has 0 unspecified atom stereocenters. The molecule has 2 rings (SSSR count). The van der Waals surface area contributed by atoms with E-state index in [2.05, 4.69) is 32.9 Å². The molecule has 10 atom stereocenters. The van der Waals surface area contributed by atoms with Crippen LogP contribution in [-0.2, 0) is 28.5 Å². The lowest BCUT2D eigenvalue weighted by Gasteiger charge is -2.43. The monoisotopic (exact) mass is 572 g/mol. The molecule has 0 aromatic heterocycles. The fourth-order valence-electron chi connectivity index (χ4n) is 4.46. The Labute approximate surface area is 237 Å². The zero-order chi connectivity index (χ0) is 30.0. The summed E-state index contributed by atoms with van der Waals surface area (Å²) in [6.07, 6.45) is -2.99. The lowest BCUT2D eigenvalue weighted by atomic mass is 9.98. The molecule has 2 fully saturated rings. The molecule has 0 saturated carbocycles. The molecule has 230 valence electrons. The molecular weight excluding hydrogens is 524 g/mol. The van der Waals surface area contributed by atoms with Crippen LogP contribution in [-0.4, -0.2) is 106 Å². The van der Waals surface area contributed by atoms with Gasteiger partial charge in [0.25, 0.3) is 0 Å². The predicted molar refractivity (Wildman–Crippen MR) is 146 cm³/mol. The molecule has 0 aliphatic carbocycles. The van der Waals surface area contributed by atoms with Gasteiger partial charge in [0.1, 0.15) is 36.6 Å². The highest BCUT2D eigenvalue weighted by Gasteiger charge is 2.48. The maximum absolute atomic E-state index is 11.5. The summed E-state index contributed by atoms with van der Waals surface area (Å²) >= 11 is 0. The van der Waals surface area contributed by atoms with Crippen LogP contribution in [0.25, 0.3) is 0 Å². The van der Waals surface area contributed by atoms with Crippen LogP contribution in [0.1, 0.15) is 67.2 Å². The number of allylic oxidation sites excluding steroid dienone is 5. The number of carbonyl (C=O) groups is 1. The molecule has 40 heavy (non-hydrogen) atoms. The number of ether oxygens (including phenoxy) is 5. The maximum atomic E-state index is 11.5. The Bertz CT molecular complexity index is 881. The summed E-state index contributed by atoms with van der Waals surface area (Å²) in [5.41, 5.74) is 3.76. The van der Waals surface area contributed by atoms with Crippen molar-refractivity contribution in [1.82, 2.24) is 0 Å². The van der Waals surface area contributed by atoms with Gasteiger partial charge in [-0.1, -0.05) is 34.9 Å². The maximum Gasteiger partial charge on any atom is 0.303 e. The number of hydrogen-bond donors (Lipinski definition) is 5. The van der Waals surface area contributed by atoms with Crippen LogP contribution >= 0.6 is 0 Å². The molecule has 0 spiro atoms. The van der Waals surface area contributed by atoms with Crippen molar-refractivity contribution < 1.29 is 54.0 Å². The Morgan fingerprint density at radius 2 is 1.35 bits per heavy atom. The first kappa shape index (κ1) is 34.5. The molecule has 11 heteroatoms. The second kappa shape index (κ2) is 16.7. The van der Waals surface area contributed by atoms with Crippen LogP contribution < -0.4 is 0 Å². The number of rotatable bonds is 13. The Morgan fingerprint density at radius 3 is 1.98 bits per heavy atom. The van der Waals surface area contributed by atoms with Crippen LogP contribution in [0, 0.1) is 0 Å². The average molecular weight is 573 g/mol. The zero-order valence-corrected chi connectivity index (χ0v) is 24.4. The first-order chi connectivity index (χ1) is 18.8. The SMILES string of the molecule is CC(=O)O[C@H]1[C@H](OC[C@@H]2O[C@@H](OC/C=C(\C)CC/C=C(\C)CCC=C(C)C)[C@H](O)[C@@H](O)[C@@H]2O)O[C@@H](C)[C@H](O)[C@H]1O. The smallest absolute Gasteiger partial charge is 0.303 e. The molecule has 0 bridgehead atoms. The molecule has 2 aliphatic rings. The van der Waals surface area contributed by atoms with E-state index in [0.29, 0.717) is 0 Å². The van der Waals surface area contributed by atoms with Crippen molar-refractivity contribution in [1.29, 1.82) is 0 Å². The first-order valence-electron chi connectivity index (χ1n) is 13.9. The van der Waals surface area contributed by atoms with Crippen molar-refractivity contribution >= 4 is 5.97 Å². The number of aliphatic hydroxyl groups excluding tert-OH is 5. The molecule has 2 heterocycles. The molecule has 0 radical (unpaired) electrons. The van der Waals surface area contributed by atoms with E-state index < -0.39 is 67.4 Å². The second-order valence-corrected chi connectivity index (χ2v) is 10.9. The summed E-state index contributed by atoms with van der Waals surface area (Å²) in [4.78, 5) is 11.5. The van der Waals surface area contributed by atoms with E-state index in [9.17, 15) is 30.3 Å². The minimum absolute atomic E-state index is 0.120. The lowest BCUT2D eigenvalue weighted by Crippen LogP contribution is -2.61. The quantitative estimate of drug-likeness (QED) is 0.161. The molecule has 11 nitrogen and oxygen atoms in total. The summed E-state index contributed by atoms with van der Waals surface area (Å²) < 4.78 is 27.6. The Kier molecular flexibility index (Phi) is 14.4. The summed E-state index contributed by atoms with van der Waals surface area (Å²) in [6.45, 7) is 10.7. The third-order valence-electron chi connectivity index (χ3n) is 6.99. The van der Waals surface area contributed by atoms with Gasteiger partial charge >= 0.3 is 5.97 Å². The Hall–Kier alpha value is -1.67. The van der Waals surface area contributed by atoms with Gasteiger partial charge in [-0.05, 0) is 60.3 Å². The second-order valence-electron chi connectivity index (χ2n) is 10.9. The van der Waals surface area contributed by atoms with Gasteiger partial charge < -0.3 is 49.2 Å². The van der Waals surface area contributed by atoms with E-state index in [1.807, 2.05) is 13.0 Å². The van der Waals surface area contributed by atoms with Crippen LogP contribution in [0.2, 0.25) is 0 Å². The third kappa shape index (κ3) is 10.6. The van der Waals surface area contributed by atoms with Crippen LogP contribution in [0.5, 0.6) is 0 Å². The Balaban J connectivity index is 1.89. The lowest BCUT2D eigenvalue weighted by molar-refractivity contribution is -0.327. The normalized spacial score (nSPS) is 35.4. The molecule has 0 aromatic rings. The first-order valence-corrected chi connectivity index (χ1v) is 13.9. The highest BCUT2D eigenvalue weighted by molar-refractivity contribution is 5.66. The van der Waals surface area contributed by atoms with E-state index in [-0.39, 0.29) is 13.2 Å². The zero-order valence-electron chi connectivity index (χ0n) is 24.4. The molecule has 0 aromatic carbocycles. The molecule has 2 aliphatic heterocycles.